The van der Waals surface area contributed by atoms with Gasteiger partial charge in [-0.2, -0.15) is 0 Å². The summed E-state index contributed by atoms with van der Waals surface area (Å²) in [7, 11) is 0. The molecule has 1 aliphatic heterocycles. The predicted octanol–water partition coefficient (Wildman–Crippen LogP) is 4.12. The lowest BCUT2D eigenvalue weighted by Gasteiger charge is -2.23. The molecule has 0 N–H and O–H groups in total. The van der Waals surface area contributed by atoms with E-state index in [4.69, 9.17) is 14.5 Å². The second-order valence-corrected chi connectivity index (χ2v) is 6.98. The van der Waals surface area contributed by atoms with Crippen LogP contribution in [-0.2, 0) is 16.0 Å². The lowest BCUT2D eigenvalue weighted by Crippen LogP contribution is -2.20. The zero-order valence-corrected chi connectivity index (χ0v) is 14.8. The number of imidazole rings is 1. The van der Waals surface area contributed by atoms with Crippen molar-refractivity contribution < 1.29 is 9.47 Å². The van der Waals surface area contributed by atoms with Crippen LogP contribution in [0.2, 0.25) is 0 Å². The average Bonchev–Trinajstić information content (AvgIpc) is 2.86. The Labute approximate surface area is 139 Å². The van der Waals surface area contributed by atoms with E-state index in [1.54, 1.807) is 0 Å². The highest BCUT2D eigenvalue weighted by atomic mass is 79.9. The highest BCUT2D eigenvalue weighted by molar-refractivity contribution is 9.10. The fraction of sp³-hybridized carbons (Fsp3) is 0.588. The second-order valence-electron chi connectivity index (χ2n) is 6.06. The van der Waals surface area contributed by atoms with E-state index in [9.17, 15) is 0 Å². The van der Waals surface area contributed by atoms with E-state index in [1.165, 1.54) is 11.3 Å². The number of halogens is 1. The number of ether oxygens (including phenoxy) is 2. The van der Waals surface area contributed by atoms with Crippen molar-refractivity contribution in [2.24, 2.45) is 0 Å². The zero-order valence-electron chi connectivity index (χ0n) is 13.2. The van der Waals surface area contributed by atoms with Gasteiger partial charge in [0.1, 0.15) is 5.82 Å². The number of nitrogens with zero attached hydrogens (tertiary/aromatic N) is 2. The maximum Gasteiger partial charge on any atom is 0.113 e. The molecule has 1 saturated heterocycles. The van der Waals surface area contributed by atoms with Crippen molar-refractivity contribution in [3.05, 3.63) is 28.5 Å². The molecule has 3 rings (SSSR count). The van der Waals surface area contributed by atoms with Gasteiger partial charge in [0.25, 0.3) is 0 Å². The quantitative estimate of drug-likeness (QED) is 0.798. The Morgan fingerprint density at radius 3 is 2.86 bits per heavy atom. The first kappa shape index (κ1) is 16.0. The van der Waals surface area contributed by atoms with Gasteiger partial charge in [0.15, 0.2) is 0 Å². The average molecular weight is 367 g/mol. The van der Waals surface area contributed by atoms with Gasteiger partial charge >= 0.3 is 0 Å². The lowest BCUT2D eigenvalue weighted by molar-refractivity contribution is 0.0697. The Balaban J connectivity index is 1.93. The van der Waals surface area contributed by atoms with Gasteiger partial charge in [0.2, 0.25) is 0 Å². The van der Waals surface area contributed by atoms with Crippen molar-refractivity contribution in [1.82, 2.24) is 9.55 Å². The largest absolute Gasteiger partial charge is 0.381 e. The van der Waals surface area contributed by atoms with Crippen LogP contribution in [0.25, 0.3) is 11.0 Å². The molecule has 120 valence electrons. The SMILES string of the molecule is CC(C)OCCn1c(C2CCOCC2)nc2ccc(Br)cc21. The van der Waals surface area contributed by atoms with Crippen LogP contribution >= 0.6 is 15.9 Å². The monoisotopic (exact) mass is 366 g/mol. The number of hydrogen-bond donors (Lipinski definition) is 0. The summed E-state index contributed by atoms with van der Waals surface area (Å²) >= 11 is 3.57. The Morgan fingerprint density at radius 2 is 2.14 bits per heavy atom. The summed E-state index contributed by atoms with van der Waals surface area (Å²) in [5.41, 5.74) is 2.25. The maximum absolute atomic E-state index is 5.75. The maximum atomic E-state index is 5.75. The van der Waals surface area contributed by atoms with Gasteiger partial charge in [0, 0.05) is 30.1 Å². The van der Waals surface area contributed by atoms with E-state index in [0.29, 0.717) is 12.5 Å². The number of fused-ring (bicyclic) bond motifs is 1. The van der Waals surface area contributed by atoms with Crippen LogP contribution in [0.15, 0.2) is 22.7 Å². The normalized spacial score (nSPS) is 16.7. The minimum atomic E-state index is 0.257. The van der Waals surface area contributed by atoms with Crippen molar-refractivity contribution in [3.63, 3.8) is 0 Å². The summed E-state index contributed by atoms with van der Waals surface area (Å²) in [6, 6.07) is 6.29. The molecule has 2 heterocycles. The van der Waals surface area contributed by atoms with Gasteiger partial charge < -0.3 is 14.0 Å². The van der Waals surface area contributed by atoms with Crippen molar-refractivity contribution >= 4 is 27.0 Å². The summed E-state index contributed by atoms with van der Waals surface area (Å²) in [6.07, 6.45) is 2.36. The summed E-state index contributed by atoms with van der Waals surface area (Å²) in [6.45, 7) is 7.37. The molecule has 0 spiro atoms. The molecule has 1 aromatic heterocycles. The molecule has 0 amide bonds. The molecule has 0 aliphatic carbocycles. The van der Waals surface area contributed by atoms with Crippen molar-refractivity contribution in [2.45, 2.75) is 45.3 Å². The lowest BCUT2D eigenvalue weighted by atomic mass is 9.99. The minimum Gasteiger partial charge on any atom is -0.381 e. The van der Waals surface area contributed by atoms with Gasteiger partial charge in [0.05, 0.1) is 23.7 Å². The Bertz CT molecular complexity index is 633. The van der Waals surface area contributed by atoms with Crippen LogP contribution in [0.1, 0.15) is 38.4 Å². The van der Waals surface area contributed by atoms with Gasteiger partial charge in [-0.1, -0.05) is 15.9 Å². The van der Waals surface area contributed by atoms with E-state index >= 15 is 0 Å². The first-order valence-electron chi connectivity index (χ1n) is 8.00. The van der Waals surface area contributed by atoms with Crippen LogP contribution in [-0.4, -0.2) is 35.5 Å². The van der Waals surface area contributed by atoms with Crippen molar-refractivity contribution in [1.29, 1.82) is 0 Å². The third-order valence-electron chi connectivity index (χ3n) is 4.09. The Hall–Kier alpha value is -0.910. The molecule has 1 fully saturated rings. The Kier molecular flexibility index (Phi) is 5.16. The van der Waals surface area contributed by atoms with Crippen molar-refractivity contribution in [2.75, 3.05) is 19.8 Å². The first-order valence-corrected chi connectivity index (χ1v) is 8.79. The van der Waals surface area contributed by atoms with Crippen LogP contribution in [0.3, 0.4) is 0 Å². The molecule has 0 atom stereocenters. The highest BCUT2D eigenvalue weighted by Crippen LogP contribution is 2.30. The number of hydrogen-bond acceptors (Lipinski definition) is 3. The smallest absolute Gasteiger partial charge is 0.113 e. The summed E-state index contributed by atoms with van der Waals surface area (Å²) in [4.78, 5) is 4.91. The van der Waals surface area contributed by atoms with Crippen LogP contribution in [0.5, 0.6) is 0 Å². The first-order chi connectivity index (χ1) is 10.6. The molecule has 1 aromatic carbocycles. The van der Waals surface area contributed by atoms with Gasteiger partial charge in [-0.15, -0.1) is 0 Å². The molecule has 0 unspecified atom stereocenters. The topological polar surface area (TPSA) is 36.3 Å². The molecule has 2 aromatic rings. The molecule has 4 nitrogen and oxygen atoms in total. The minimum absolute atomic E-state index is 0.257. The molecule has 0 bridgehead atoms. The zero-order chi connectivity index (χ0) is 15.5. The molecule has 0 saturated carbocycles. The number of rotatable bonds is 5. The van der Waals surface area contributed by atoms with Gasteiger partial charge in [-0.05, 0) is 44.9 Å². The van der Waals surface area contributed by atoms with E-state index in [0.717, 1.165) is 42.6 Å². The molecule has 1 aliphatic rings. The number of benzene rings is 1. The Morgan fingerprint density at radius 1 is 1.36 bits per heavy atom. The summed E-state index contributed by atoms with van der Waals surface area (Å²) < 4.78 is 14.7. The molecule has 0 radical (unpaired) electrons. The highest BCUT2D eigenvalue weighted by Gasteiger charge is 2.22. The fourth-order valence-electron chi connectivity index (χ4n) is 3.00. The third-order valence-corrected chi connectivity index (χ3v) is 4.59. The summed E-state index contributed by atoms with van der Waals surface area (Å²) in [5, 5.41) is 0. The fourth-order valence-corrected chi connectivity index (χ4v) is 3.35. The van der Waals surface area contributed by atoms with E-state index in [1.807, 2.05) is 0 Å². The second kappa shape index (κ2) is 7.11. The number of aromatic nitrogens is 2. The van der Waals surface area contributed by atoms with Crippen LogP contribution < -0.4 is 0 Å². The van der Waals surface area contributed by atoms with Crippen molar-refractivity contribution in [3.8, 4) is 0 Å². The van der Waals surface area contributed by atoms with Gasteiger partial charge in [-0.25, -0.2) is 4.98 Å². The van der Waals surface area contributed by atoms with E-state index < -0.39 is 0 Å². The molecule has 22 heavy (non-hydrogen) atoms. The van der Waals surface area contributed by atoms with E-state index in [-0.39, 0.29) is 6.10 Å². The van der Waals surface area contributed by atoms with Gasteiger partial charge in [-0.3, -0.25) is 0 Å². The molecular weight excluding hydrogens is 344 g/mol. The van der Waals surface area contributed by atoms with Crippen LogP contribution in [0, 0.1) is 0 Å². The summed E-state index contributed by atoms with van der Waals surface area (Å²) in [5.74, 6) is 1.67. The van der Waals surface area contributed by atoms with E-state index in [2.05, 4.69) is 52.5 Å². The molecular formula is C17H23BrN2O2. The predicted molar refractivity (Wildman–Crippen MR) is 91.3 cm³/mol. The molecule has 5 heteroatoms. The standard InChI is InChI=1S/C17H23BrN2O2/c1-12(2)22-10-7-20-16-11-14(18)3-4-15(16)19-17(20)13-5-8-21-9-6-13/h3-4,11-13H,5-10H2,1-2H3. The third kappa shape index (κ3) is 3.53. The van der Waals surface area contributed by atoms with Crippen LogP contribution in [0.4, 0.5) is 0 Å².